The highest BCUT2D eigenvalue weighted by Gasteiger charge is 2.19. The molecule has 2 amide bonds. The summed E-state index contributed by atoms with van der Waals surface area (Å²) in [5, 5.41) is 8.68. The van der Waals surface area contributed by atoms with Crippen molar-refractivity contribution >= 4 is 34.5 Å². The van der Waals surface area contributed by atoms with Crippen LogP contribution in [0.2, 0.25) is 0 Å². The van der Waals surface area contributed by atoms with Gasteiger partial charge in [-0.3, -0.25) is 9.59 Å². The Balaban J connectivity index is 1.55. The molecule has 0 saturated carbocycles. The third-order valence-corrected chi connectivity index (χ3v) is 4.80. The lowest BCUT2D eigenvalue weighted by molar-refractivity contribution is -0.115. The molecule has 2 heterocycles. The Hall–Kier alpha value is -2.99. The van der Waals surface area contributed by atoms with E-state index in [0.29, 0.717) is 17.7 Å². The van der Waals surface area contributed by atoms with Gasteiger partial charge in [-0.25, -0.2) is 4.98 Å². The molecule has 0 spiro atoms. The third kappa shape index (κ3) is 3.16. The fraction of sp³-hybridized carbons (Fsp3) is 0.105. The molecule has 1 aliphatic heterocycles. The van der Waals surface area contributed by atoms with Gasteiger partial charge in [-0.2, -0.15) is 0 Å². The number of anilines is 2. The number of benzene rings is 2. The zero-order chi connectivity index (χ0) is 17.4. The average Bonchev–Trinajstić information content (AvgIpc) is 3.19. The molecule has 6 heteroatoms. The van der Waals surface area contributed by atoms with E-state index in [-0.39, 0.29) is 11.8 Å². The number of carbonyl (C=O) groups is 2. The first-order valence-corrected chi connectivity index (χ1v) is 8.73. The summed E-state index contributed by atoms with van der Waals surface area (Å²) in [4.78, 5) is 28.4. The first-order chi connectivity index (χ1) is 12.1. The molecule has 0 radical (unpaired) electrons. The van der Waals surface area contributed by atoms with Gasteiger partial charge in [-0.1, -0.05) is 12.1 Å². The Kier molecular flexibility index (Phi) is 3.82. The minimum Gasteiger partial charge on any atom is -0.326 e. The van der Waals surface area contributed by atoms with Crippen LogP contribution in [-0.2, 0) is 11.2 Å². The minimum absolute atomic E-state index is 0.0428. The first kappa shape index (κ1) is 15.5. The standard InChI is InChI=1S/C19H15N3O2S/c1-11-20-17(10-25-11)12-3-2-4-15(8-12)21-19(24)13-5-6-16-14(7-13)9-18(23)22-16/h2-8,10H,9H2,1H3,(H,21,24)(H,22,23). The monoisotopic (exact) mass is 349 g/mol. The third-order valence-electron chi connectivity index (χ3n) is 4.03. The number of amides is 2. The van der Waals surface area contributed by atoms with Gasteiger partial charge in [0.25, 0.3) is 5.91 Å². The van der Waals surface area contributed by atoms with Crippen LogP contribution in [0.4, 0.5) is 11.4 Å². The number of aryl methyl sites for hydroxylation is 1. The van der Waals surface area contributed by atoms with E-state index in [4.69, 9.17) is 0 Å². The van der Waals surface area contributed by atoms with Crippen LogP contribution >= 0.6 is 11.3 Å². The number of carbonyl (C=O) groups excluding carboxylic acids is 2. The van der Waals surface area contributed by atoms with E-state index >= 15 is 0 Å². The molecule has 124 valence electrons. The average molecular weight is 349 g/mol. The van der Waals surface area contributed by atoms with Gasteiger partial charge in [0, 0.05) is 27.9 Å². The van der Waals surface area contributed by atoms with Crippen molar-refractivity contribution in [2.45, 2.75) is 13.3 Å². The van der Waals surface area contributed by atoms with Crippen LogP contribution in [0.5, 0.6) is 0 Å². The van der Waals surface area contributed by atoms with Gasteiger partial charge in [-0.05, 0) is 42.8 Å². The highest BCUT2D eigenvalue weighted by Crippen LogP contribution is 2.26. The van der Waals surface area contributed by atoms with Crippen LogP contribution in [0.25, 0.3) is 11.3 Å². The molecule has 2 aromatic carbocycles. The SMILES string of the molecule is Cc1nc(-c2cccc(NC(=O)c3ccc4c(c3)CC(=O)N4)c2)cs1. The van der Waals surface area contributed by atoms with E-state index in [0.717, 1.165) is 27.5 Å². The molecule has 0 fully saturated rings. The van der Waals surface area contributed by atoms with Gasteiger partial charge in [-0.15, -0.1) is 11.3 Å². The van der Waals surface area contributed by atoms with Crippen molar-refractivity contribution in [3.63, 3.8) is 0 Å². The normalized spacial score (nSPS) is 12.6. The molecule has 2 N–H and O–H groups in total. The van der Waals surface area contributed by atoms with Gasteiger partial charge in [0.2, 0.25) is 5.91 Å². The molecule has 5 nitrogen and oxygen atoms in total. The molecule has 1 aromatic heterocycles. The predicted molar refractivity (Wildman–Crippen MR) is 99.0 cm³/mol. The van der Waals surface area contributed by atoms with E-state index in [1.54, 1.807) is 29.5 Å². The summed E-state index contributed by atoms with van der Waals surface area (Å²) in [5.74, 6) is -0.243. The van der Waals surface area contributed by atoms with E-state index in [2.05, 4.69) is 15.6 Å². The lowest BCUT2D eigenvalue weighted by Crippen LogP contribution is -2.12. The molecular formula is C19H15N3O2S. The maximum atomic E-state index is 12.5. The zero-order valence-electron chi connectivity index (χ0n) is 13.5. The summed E-state index contributed by atoms with van der Waals surface area (Å²) < 4.78 is 0. The van der Waals surface area contributed by atoms with E-state index in [1.807, 2.05) is 36.6 Å². The second-order valence-electron chi connectivity index (χ2n) is 5.88. The van der Waals surface area contributed by atoms with Gasteiger partial charge in [0.05, 0.1) is 17.1 Å². The van der Waals surface area contributed by atoms with Gasteiger partial charge < -0.3 is 10.6 Å². The largest absolute Gasteiger partial charge is 0.326 e. The van der Waals surface area contributed by atoms with Crippen molar-refractivity contribution in [2.24, 2.45) is 0 Å². The van der Waals surface area contributed by atoms with Crippen molar-refractivity contribution < 1.29 is 9.59 Å². The topological polar surface area (TPSA) is 71.1 Å². The Morgan fingerprint density at radius 3 is 2.92 bits per heavy atom. The molecule has 0 unspecified atom stereocenters. The molecule has 0 bridgehead atoms. The number of aromatic nitrogens is 1. The molecular weight excluding hydrogens is 334 g/mol. The summed E-state index contributed by atoms with van der Waals surface area (Å²) in [5.41, 5.74) is 4.74. The Morgan fingerprint density at radius 1 is 1.24 bits per heavy atom. The molecule has 25 heavy (non-hydrogen) atoms. The fourth-order valence-corrected chi connectivity index (χ4v) is 3.45. The van der Waals surface area contributed by atoms with E-state index in [9.17, 15) is 9.59 Å². The number of fused-ring (bicyclic) bond motifs is 1. The van der Waals surface area contributed by atoms with Gasteiger partial charge >= 0.3 is 0 Å². The van der Waals surface area contributed by atoms with Crippen molar-refractivity contribution in [3.05, 3.63) is 64.0 Å². The van der Waals surface area contributed by atoms with Crippen LogP contribution in [0.3, 0.4) is 0 Å². The van der Waals surface area contributed by atoms with Crippen molar-refractivity contribution in [1.29, 1.82) is 0 Å². The van der Waals surface area contributed by atoms with Crippen LogP contribution in [0, 0.1) is 6.92 Å². The lowest BCUT2D eigenvalue weighted by atomic mass is 10.1. The number of thiazole rings is 1. The van der Waals surface area contributed by atoms with Crippen molar-refractivity contribution in [1.82, 2.24) is 4.98 Å². The second-order valence-corrected chi connectivity index (χ2v) is 6.95. The number of nitrogens with one attached hydrogen (secondary N) is 2. The van der Waals surface area contributed by atoms with Crippen LogP contribution in [0.15, 0.2) is 47.8 Å². The predicted octanol–water partition coefficient (Wildman–Crippen LogP) is 3.87. The van der Waals surface area contributed by atoms with E-state index < -0.39 is 0 Å². The number of rotatable bonds is 3. The Bertz CT molecular complexity index is 994. The molecule has 0 atom stereocenters. The molecule has 0 aliphatic carbocycles. The van der Waals surface area contributed by atoms with Gasteiger partial charge in [0.1, 0.15) is 0 Å². The highest BCUT2D eigenvalue weighted by molar-refractivity contribution is 7.09. The molecule has 0 saturated heterocycles. The smallest absolute Gasteiger partial charge is 0.255 e. The number of nitrogens with zero attached hydrogens (tertiary/aromatic N) is 1. The van der Waals surface area contributed by atoms with Crippen LogP contribution in [0.1, 0.15) is 20.9 Å². The fourth-order valence-electron chi connectivity index (χ4n) is 2.83. The lowest BCUT2D eigenvalue weighted by Gasteiger charge is -2.08. The maximum absolute atomic E-state index is 12.5. The van der Waals surface area contributed by atoms with Crippen LogP contribution in [-0.4, -0.2) is 16.8 Å². The summed E-state index contributed by atoms with van der Waals surface area (Å²) >= 11 is 1.60. The Morgan fingerprint density at radius 2 is 2.12 bits per heavy atom. The summed E-state index contributed by atoms with van der Waals surface area (Å²) in [6, 6.07) is 12.9. The van der Waals surface area contributed by atoms with Crippen LogP contribution < -0.4 is 10.6 Å². The number of hydrogen-bond acceptors (Lipinski definition) is 4. The first-order valence-electron chi connectivity index (χ1n) is 7.85. The highest BCUT2D eigenvalue weighted by atomic mass is 32.1. The van der Waals surface area contributed by atoms with Crippen molar-refractivity contribution in [2.75, 3.05) is 10.6 Å². The zero-order valence-corrected chi connectivity index (χ0v) is 14.3. The quantitative estimate of drug-likeness (QED) is 0.754. The summed E-state index contributed by atoms with van der Waals surface area (Å²) in [6.07, 6.45) is 0.315. The number of hydrogen-bond donors (Lipinski definition) is 2. The molecule has 3 aromatic rings. The summed E-state index contributed by atoms with van der Waals surface area (Å²) in [7, 11) is 0. The van der Waals surface area contributed by atoms with Gasteiger partial charge in [0.15, 0.2) is 0 Å². The van der Waals surface area contributed by atoms with Crippen molar-refractivity contribution in [3.8, 4) is 11.3 Å². The minimum atomic E-state index is -0.200. The second kappa shape index (κ2) is 6.14. The Labute approximate surface area is 148 Å². The molecule has 4 rings (SSSR count). The summed E-state index contributed by atoms with van der Waals surface area (Å²) in [6.45, 7) is 1.97. The van der Waals surface area contributed by atoms with E-state index in [1.165, 1.54) is 0 Å². The molecule has 1 aliphatic rings. The maximum Gasteiger partial charge on any atom is 0.255 e.